The molecule has 0 radical (unpaired) electrons. The molecule has 26 heavy (non-hydrogen) atoms. The predicted octanol–water partition coefficient (Wildman–Crippen LogP) is 2.12. The number of aromatic amines is 1. The number of carbonyl (C=O) groups excluding carboxylic acids is 2. The molecule has 3 N–H and O–H groups in total. The minimum absolute atomic E-state index is 0.0469. The summed E-state index contributed by atoms with van der Waals surface area (Å²) in [6.45, 7) is 11.4. The maximum absolute atomic E-state index is 12.6. The topological polar surface area (TPSA) is 96.1 Å². The van der Waals surface area contributed by atoms with Crippen molar-refractivity contribution in [3.8, 4) is 0 Å². The zero-order valence-corrected chi connectivity index (χ0v) is 16.6. The Morgan fingerprint density at radius 1 is 1.38 bits per heavy atom. The van der Waals surface area contributed by atoms with E-state index in [9.17, 15) is 9.59 Å². The molecule has 0 spiro atoms. The van der Waals surface area contributed by atoms with E-state index in [1.165, 1.54) is 6.92 Å². The van der Waals surface area contributed by atoms with Gasteiger partial charge in [0.05, 0.1) is 6.33 Å². The number of nitrogens with one attached hydrogen (secondary N) is 3. The largest absolute Gasteiger partial charge is 0.459 e. The average Bonchev–Trinajstić information content (AvgIpc) is 3.13. The normalized spacial score (nSPS) is 24.5. The van der Waals surface area contributed by atoms with Crippen molar-refractivity contribution in [1.29, 1.82) is 0 Å². The van der Waals surface area contributed by atoms with Crippen molar-refractivity contribution in [2.75, 3.05) is 0 Å². The van der Waals surface area contributed by atoms with Crippen LogP contribution in [0, 0.1) is 5.92 Å². The second kappa shape index (κ2) is 8.20. The lowest BCUT2D eigenvalue weighted by Crippen LogP contribution is -2.52. The van der Waals surface area contributed by atoms with Crippen LogP contribution < -0.4 is 10.6 Å². The average molecular weight is 364 g/mol. The van der Waals surface area contributed by atoms with E-state index >= 15 is 0 Å². The molecule has 0 unspecified atom stereocenters. The maximum Gasteiger partial charge on any atom is 0.323 e. The Hall–Kier alpha value is -1.89. The van der Waals surface area contributed by atoms with E-state index in [0.717, 1.165) is 12.1 Å². The molecular weight excluding hydrogens is 332 g/mol. The fourth-order valence-electron chi connectivity index (χ4n) is 3.60. The molecule has 7 nitrogen and oxygen atoms in total. The fourth-order valence-corrected chi connectivity index (χ4v) is 3.60. The number of rotatable bonds is 6. The molecule has 0 aliphatic carbocycles. The highest BCUT2D eigenvalue weighted by atomic mass is 16.6. The molecule has 1 aromatic heterocycles. The molecule has 4 atom stereocenters. The third-order valence-corrected chi connectivity index (χ3v) is 4.47. The van der Waals surface area contributed by atoms with Crippen molar-refractivity contribution in [2.24, 2.45) is 5.92 Å². The van der Waals surface area contributed by atoms with Gasteiger partial charge in [-0.05, 0) is 39.5 Å². The van der Waals surface area contributed by atoms with Crippen LogP contribution >= 0.6 is 0 Å². The summed E-state index contributed by atoms with van der Waals surface area (Å²) in [5.74, 6) is 0.138. The van der Waals surface area contributed by atoms with E-state index in [-0.39, 0.29) is 29.9 Å². The molecule has 0 saturated carbocycles. The van der Waals surface area contributed by atoms with E-state index in [1.54, 1.807) is 12.5 Å². The van der Waals surface area contributed by atoms with Crippen molar-refractivity contribution in [1.82, 2.24) is 20.6 Å². The predicted molar refractivity (Wildman–Crippen MR) is 99.6 cm³/mol. The first-order valence-corrected chi connectivity index (χ1v) is 9.31. The molecule has 1 saturated heterocycles. The number of esters is 1. The Bertz CT molecular complexity index is 607. The van der Waals surface area contributed by atoms with Gasteiger partial charge in [0, 0.05) is 36.8 Å². The van der Waals surface area contributed by atoms with Gasteiger partial charge in [0.1, 0.15) is 11.6 Å². The smallest absolute Gasteiger partial charge is 0.323 e. The van der Waals surface area contributed by atoms with E-state index < -0.39 is 11.6 Å². The third kappa shape index (κ3) is 5.56. The van der Waals surface area contributed by atoms with Gasteiger partial charge in [0.15, 0.2) is 0 Å². The van der Waals surface area contributed by atoms with Crippen LogP contribution in [0.1, 0.15) is 66.0 Å². The number of hydrogen-bond donors (Lipinski definition) is 3. The van der Waals surface area contributed by atoms with Gasteiger partial charge in [-0.3, -0.25) is 14.9 Å². The highest BCUT2D eigenvalue weighted by Crippen LogP contribution is 2.34. The third-order valence-electron chi connectivity index (χ3n) is 4.47. The molecule has 0 aromatic carbocycles. The Morgan fingerprint density at radius 2 is 2.08 bits per heavy atom. The van der Waals surface area contributed by atoms with E-state index in [4.69, 9.17) is 4.74 Å². The summed E-state index contributed by atoms with van der Waals surface area (Å²) in [6.07, 6.45) is 4.86. The number of nitrogens with zero attached hydrogens (tertiary/aromatic N) is 1. The van der Waals surface area contributed by atoms with E-state index in [0.29, 0.717) is 12.3 Å². The zero-order chi connectivity index (χ0) is 19.5. The number of aromatic nitrogens is 2. The molecule has 1 fully saturated rings. The summed E-state index contributed by atoms with van der Waals surface area (Å²) in [5.41, 5.74) is 0.433. The second-order valence-electron chi connectivity index (χ2n) is 8.56. The van der Waals surface area contributed by atoms with Crippen LogP contribution in [0.3, 0.4) is 0 Å². The Kier molecular flexibility index (Phi) is 6.44. The lowest BCUT2D eigenvalue weighted by atomic mass is 9.87. The summed E-state index contributed by atoms with van der Waals surface area (Å²) in [5, 5.41) is 6.49. The van der Waals surface area contributed by atoms with Gasteiger partial charge in [-0.25, -0.2) is 4.98 Å². The SMILES string of the molecule is CC(=O)N[C@@H](CC(C)C)[C@@H]1N[C@@H](C(=O)OC(C)(C)C)C[C@H]1c1cnc[nH]1. The zero-order valence-electron chi connectivity index (χ0n) is 16.6. The first-order chi connectivity index (χ1) is 12.1. The van der Waals surface area contributed by atoms with Gasteiger partial charge in [-0.1, -0.05) is 13.8 Å². The van der Waals surface area contributed by atoms with Gasteiger partial charge in [0.2, 0.25) is 5.91 Å². The van der Waals surface area contributed by atoms with Crippen LogP contribution in [0.25, 0.3) is 0 Å². The number of hydrogen-bond acceptors (Lipinski definition) is 5. The molecule has 1 aromatic rings. The summed E-state index contributed by atoms with van der Waals surface area (Å²) in [7, 11) is 0. The fraction of sp³-hybridized carbons (Fsp3) is 0.737. The van der Waals surface area contributed by atoms with Gasteiger partial charge in [-0.15, -0.1) is 0 Å². The van der Waals surface area contributed by atoms with Crippen LogP contribution in [0.15, 0.2) is 12.5 Å². The second-order valence-corrected chi connectivity index (χ2v) is 8.56. The number of H-pyrrole nitrogens is 1. The standard InChI is InChI=1S/C19H32N4O3/c1-11(2)7-14(22-12(3)24)17-13(16-9-20-10-21-16)8-15(23-17)18(25)26-19(4,5)6/h9-11,13-15,17,23H,7-8H2,1-6H3,(H,20,21)(H,22,24)/t13-,14-,15+,17+/m0/s1. The highest BCUT2D eigenvalue weighted by molar-refractivity contribution is 5.77. The van der Waals surface area contributed by atoms with Crippen LogP contribution in [-0.4, -0.2) is 45.6 Å². The molecule has 7 heteroatoms. The van der Waals surface area contributed by atoms with E-state index in [1.807, 2.05) is 20.8 Å². The van der Waals surface area contributed by atoms with Gasteiger partial charge >= 0.3 is 5.97 Å². The van der Waals surface area contributed by atoms with Crippen LogP contribution in [0.5, 0.6) is 0 Å². The molecule has 2 heterocycles. The Balaban J connectivity index is 2.24. The first-order valence-electron chi connectivity index (χ1n) is 9.31. The molecule has 0 bridgehead atoms. The highest BCUT2D eigenvalue weighted by Gasteiger charge is 2.44. The lowest BCUT2D eigenvalue weighted by Gasteiger charge is -2.30. The molecule has 1 aliphatic rings. The van der Waals surface area contributed by atoms with Crippen molar-refractivity contribution < 1.29 is 14.3 Å². The molecule has 2 rings (SSSR count). The molecule has 1 aliphatic heterocycles. The minimum atomic E-state index is -0.532. The maximum atomic E-state index is 12.6. The van der Waals surface area contributed by atoms with Crippen molar-refractivity contribution in [3.63, 3.8) is 0 Å². The van der Waals surface area contributed by atoms with E-state index in [2.05, 4.69) is 34.4 Å². The number of imidazole rings is 1. The van der Waals surface area contributed by atoms with Gasteiger partial charge in [-0.2, -0.15) is 0 Å². The summed E-state index contributed by atoms with van der Waals surface area (Å²) in [6, 6.07) is -0.552. The van der Waals surface area contributed by atoms with Crippen LogP contribution in [0.4, 0.5) is 0 Å². The first kappa shape index (κ1) is 20.4. The van der Waals surface area contributed by atoms with Gasteiger partial charge < -0.3 is 15.0 Å². The number of ether oxygens (including phenoxy) is 1. The minimum Gasteiger partial charge on any atom is -0.459 e. The lowest BCUT2D eigenvalue weighted by molar-refractivity contribution is -0.157. The molecule has 146 valence electrons. The van der Waals surface area contributed by atoms with Crippen molar-refractivity contribution >= 4 is 11.9 Å². The number of carbonyl (C=O) groups is 2. The van der Waals surface area contributed by atoms with Crippen LogP contribution in [-0.2, 0) is 14.3 Å². The van der Waals surface area contributed by atoms with Crippen molar-refractivity contribution in [2.45, 2.75) is 84.0 Å². The number of amides is 1. The molecule has 1 amide bonds. The quantitative estimate of drug-likeness (QED) is 0.672. The monoisotopic (exact) mass is 364 g/mol. The summed E-state index contributed by atoms with van der Waals surface area (Å²) >= 11 is 0. The molecular formula is C19H32N4O3. The van der Waals surface area contributed by atoms with Gasteiger partial charge in [0.25, 0.3) is 0 Å². The van der Waals surface area contributed by atoms with Crippen LogP contribution in [0.2, 0.25) is 0 Å². The van der Waals surface area contributed by atoms with Crippen molar-refractivity contribution in [3.05, 3.63) is 18.2 Å². The summed E-state index contributed by atoms with van der Waals surface area (Å²) in [4.78, 5) is 31.6. The Morgan fingerprint density at radius 3 is 2.58 bits per heavy atom. The summed E-state index contributed by atoms with van der Waals surface area (Å²) < 4.78 is 5.56. The Labute approximate surface area is 155 Å².